The Labute approximate surface area is 301 Å². The summed E-state index contributed by atoms with van der Waals surface area (Å²) >= 11 is 7.96. The Morgan fingerprint density at radius 3 is 1.93 bits per heavy atom. The summed E-state index contributed by atoms with van der Waals surface area (Å²) < 4.78 is 7.32. The molecule has 262 valence electrons. The number of nitrogens with zero attached hydrogens (tertiary/aromatic N) is 4. The minimum Gasteiger partial charge on any atom is -0.326 e. The summed E-state index contributed by atoms with van der Waals surface area (Å²) in [6.07, 6.45) is 34.3. The normalized spacial score (nSPS) is 14.9. The van der Waals surface area contributed by atoms with E-state index in [9.17, 15) is 0 Å². The second kappa shape index (κ2) is 36.8. The van der Waals surface area contributed by atoms with Crippen LogP contribution in [0.1, 0.15) is 110 Å². The molecular formula is C38H69N4P2S2+. The van der Waals surface area contributed by atoms with Gasteiger partial charge in [-0.05, 0) is 56.6 Å². The van der Waals surface area contributed by atoms with Crippen LogP contribution in [0.2, 0.25) is 0 Å². The first-order valence-electron chi connectivity index (χ1n) is 17.7. The van der Waals surface area contributed by atoms with Crippen LogP contribution in [0.3, 0.4) is 0 Å². The Balaban J connectivity index is 0. The van der Waals surface area contributed by atoms with E-state index in [2.05, 4.69) is 152 Å². The Morgan fingerprint density at radius 2 is 1.35 bits per heavy atom. The molecule has 46 heavy (non-hydrogen) atoms. The van der Waals surface area contributed by atoms with Gasteiger partial charge in [-0.25, -0.2) is 8.27 Å². The summed E-state index contributed by atoms with van der Waals surface area (Å²) in [6, 6.07) is 10.5. The average molecular weight is 708 g/mol. The highest BCUT2D eigenvalue weighted by Gasteiger charge is 2.18. The largest absolute Gasteiger partial charge is 0.326 e. The molecule has 2 rings (SSSR count). The van der Waals surface area contributed by atoms with Crippen molar-refractivity contribution in [2.24, 2.45) is 14.2 Å². The lowest BCUT2D eigenvalue weighted by Crippen LogP contribution is -2.46. The van der Waals surface area contributed by atoms with Crippen LogP contribution < -0.4 is 0 Å². The number of rotatable bonds is 21. The summed E-state index contributed by atoms with van der Waals surface area (Å²) in [5.74, 6) is 0.577. The van der Waals surface area contributed by atoms with Crippen LogP contribution in [0.15, 0.2) is 81.1 Å². The highest BCUT2D eigenvalue weighted by Crippen LogP contribution is 2.14. The molecule has 1 aliphatic carbocycles. The number of hydrogen-bond donors (Lipinski definition) is 0. The zero-order valence-electron chi connectivity index (χ0n) is 30.1. The van der Waals surface area contributed by atoms with Gasteiger partial charge in [0.15, 0.2) is 0 Å². The molecular weight excluding hydrogens is 639 g/mol. The van der Waals surface area contributed by atoms with Crippen molar-refractivity contribution in [3.63, 3.8) is 0 Å². The van der Waals surface area contributed by atoms with E-state index in [4.69, 9.17) is 0 Å². The fourth-order valence-corrected chi connectivity index (χ4v) is 5.36. The molecule has 0 N–H and O–H groups in total. The molecule has 4 atom stereocenters. The van der Waals surface area contributed by atoms with Gasteiger partial charge in [-0.1, -0.05) is 145 Å². The lowest BCUT2D eigenvalue weighted by Gasteiger charge is -2.34. The lowest BCUT2D eigenvalue weighted by molar-refractivity contribution is -0.910. The van der Waals surface area contributed by atoms with Crippen molar-refractivity contribution < 1.29 is 4.48 Å². The molecule has 1 aliphatic rings. The third kappa shape index (κ3) is 31.6. The molecule has 8 heteroatoms. The predicted molar refractivity (Wildman–Crippen MR) is 221 cm³/mol. The number of hydrogen-bond acceptors (Lipinski definition) is 5. The maximum atomic E-state index is 3.98. The van der Waals surface area contributed by atoms with Crippen molar-refractivity contribution in [3.05, 3.63) is 78.4 Å². The molecule has 0 spiro atoms. The predicted octanol–water partition coefficient (Wildman–Crippen LogP) is 11.5. The second-order valence-corrected chi connectivity index (χ2v) is 13.9. The van der Waals surface area contributed by atoms with Crippen molar-refractivity contribution in [1.82, 2.24) is 4.90 Å². The lowest BCUT2D eigenvalue weighted by atomic mass is 10.0. The molecule has 1 aromatic rings. The summed E-state index contributed by atoms with van der Waals surface area (Å²) in [5.41, 5.74) is 1.28. The van der Waals surface area contributed by atoms with E-state index in [1.807, 2.05) is 18.8 Å². The van der Waals surface area contributed by atoms with Crippen molar-refractivity contribution >= 4 is 49.7 Å². The van der Waals surface area contributed by atoms with Gasteiger partial charge in [-0.15, -0.1) is 0 Å². The van der Waals surface area contributed by atoms with E-state index in [-0.39, 0.29) is 0 Å². The number of benzene rings is 1. The minimum atomic E-state index is 0.577. The molecule has 0 heterocycles. The monoisotopic (exact) mass is 707 g/mol. The Bertz CT molecular complexity index is 919. The molecule has 0 aromatic heterocycles. The summed E-state index contributed by atoms with van der Waals surface area (Å²) in [6.45, 7) is 16.6. The van der Waals surface area contributed by atoms with Crippen LogP contribution in [0.25, 0.3) is 6.08 Å². The fraction of sp³-hybridized carbons (Fsp3) is 0.632. The first-order valence-corrected chi connectivity index (χ1v) is 19.5. The van der Waals surface area contributed by atoms with Gasteiger partial charge in [0, 0.05) is 56.7 Å². The highest BCUT2D eigenvalue weighted by atomic mass is 32.1. The Hall–Kier alpha value is -1.000. The zero-order chi connectivity index (χ0) is 34.6. The quantitative estimate of drug-likeness (QED) is 0.0551. The first-order chi connectivity index (χ1) is 22.4. The van der Waals surface area contributed by atoms with Crippen LogP contribution in [0.5, 0.6) is 0 Å². The number of allylic oxidation sites excluding steroid dienone is 5. The summed E-state index contributed by atoms with van der Waals surface area (Å²) in [7, 11) is 6.50. The van der Waals surface area contributed by atoms with Crippen LogP contribution in [0, 0.1) is 5.92 Å². The van der Waals surface area contributed by atoms with E-state index in [1.165, 1.54) is 107 Å². The van der Waals surface area contributed by atoms with Gasteiger partial charge in [-0.3, -0.25) is 4.90 Å². The smallest absolute Gasteiger partial charge is 0.0784 e. The molecule has 0 aliphatic heterocycles. The Morgan fingerprint density at radius 1 is 0.761 bits per heavy atom. The molecule has 4 nitrogen and oxygen atoms in total. The van der Waals surface area contributed by atoms with Crippen molar-refractivity contribution in [1.29, 1.82) is 0 Å². The zero-order valence-corrected chi connectivity index (χ0v) is 34.0. The maximum Gasteiger partial charge on any atom is 0.0784 e. The maximum absolute atomic E-state index is 3.98. The third-order valence-electron chi connectivity index (χ3n) is 7.93. The SMILES string of the molecule is CCCCCCCC[N+](C)(CCC)CCCC.CCCCN(C/C=C/c1ccccc1)C/C=C/C1C=CC=CC1.PN=S.PN=S. The third-order valence-corrected chi connectivity index (χ3v) is 7.93. The first kappa shape index (κ1) is 47.1. The van der Waals surface area contributed by atoms with Crippen molar-refractivity contribution in [2.75, 3.05) is 46.3 Å². The van der Waals surface area contributed by atoms with Gasteiger partial charge >= 0.3 is 0 Å². The van der Waals surface area contributed by atoms with Gasteiger partial charge in [-0.2, -0.15) is 0 Å². The molecule has 0 amide bonds. The van der Waals surface area contributed by atoms with E-state index in [0.717, 1.165) is 19.5 Å². The molecule has 0 saturated heterocycles. The van der Waals surface area contributed by atoms with Crippen LogP contribution in [0.4, 0.5) is 0 Å². The van der Waals surface area contributed by atoms with Crippen LogP contribution in [-0.4, -0.2) is 55.7 Å². The standard InChI is InChI=1S/C22H29N.C16H36N.2H2NPS/c1-2-3-18-23(19-10-16-21-12-6-4-7-13-21)20-11-17-22-14-8-5-9-15-22;1-5-8-10-11-12-13-16-17(4,14-7-3)15-9-6-2;2*2-1-3/h4-14,16-17,22H,2-3,15,18-20H2,1H3;5-16H2,1-4H3;2*2H2/q;+1;;/b16-10+,17-11+;;;. The Kier molecular flexibility index (Phi) is 37.7. The van der Waals surface area contributed by atoms with Gasteiger partial charge < -0.3 is 4.48 Å². The minimum absolute atomic E-state index is 0.577. The highest BCUT2D eigenvalue weighted by molar-refractivity contribution is 7.52. The van der Waals surface area contributed by atoms with Gasteiger partial charge in [0.05, 0.1) is 26.7 Å². The second-order valence-electron chi connectivity index (χ2n) is 12.2. The molecule has 0 saturated carbocycles. The van der Waals surface area contributed by atoms with Crippen molar-refractivity contribution in [3.8, 4) is 0 Å². The molecule has 4 unspecified atom stereocenters. The van der Waals surface area contributed by atoms with Gasteiger partial charge in [0.2, 0.25) is 0 Å². The summed E-state index contributed by atoms with van der Waals surface area (Å²) in [5, 5.41) is 0. The molecule has 0 fully saturated rings. The van der Waals surface area contributed by atoms with E-state index < -0.39 is 0 Å². The van der Waals surface area contributed by atoms with E-state index in [1.54, 1.807) is 0 Å². The number of unbranched alkanes of at least 4 members (excludes halogenated alkanes) is 7. The summed E-state index contributed by atoms with van der Waals surface area (Å²) in [4.78, 5) is 2.52. The van der Waals surface area contributed by atoms with E-state index >= 15 is 0 Å². The van der Waals surface area contributed by atoms with Crippen LogP contribution >= 0.6 is 18.8 Å². The fourth-order valence-electron chi connectivity index (χ4n) is 5.36. The van der Waals surface area contributed by atoms with Gasteiger partial charge in [0.1, 0.15) is 0 Å². The molecule has 0 bridgehead atoms. The van der Waals surface area contributed by atoms with E-state index in [0.29, 0.717) is 5.92 Å². The molecule has 1 aromatic carbocycles. The van der Waals surface area contributed by atoms with Crippen LogP contribution in [-0.2, 0) is 24.9 Å². The van der Waals surface area contributed by atoms with Crippen molar-refractivity contribution in [2.45, 2.75) is 105 Å². The number of quaternary nitrogens is 1. The topological polar surface area (TPSA) is 28.0 Å². The molecule has 0 radical (unpaired) electrons. The van der Waals surface area contributed by atoms with Gasteiger partial charge in [0.25, 0.3) is 0 Å². The average Bonchev–Trinajstić information content (AvgIpc) is 3.06.